The first-order chi connectivity index (χ1) is 13.1. The quantitative estimate of drug-likeness (QED) is 0.773. The monoisotopic (exact) mass is 380 g/mol. The van der Waals surface area contributed by atoms with E-state index in [0.29, 0.717) is 5.56 Å². The average molecular weight is 380 g/mol. The lowest BCUT2D eigenvalue weighted by Crippen LogP contribution is -2.43. The molecule has 27 heavy (non-hydrogen) atoms. The van der Waals surface area contributed by atoms with Crippen LogP contribution in [0.4, 0.5) is 0 Å². The van der Waals surface area contributed by atoms with Gasteiger partial charge in [-0.15, -0.1) is 0 Å². The predicted molar refractivity (Wildman–Crippen MR) is 104 cm³/mol. The Kier molecular flexibility index (Phi) is 5.25. The number of fused-ring (bicyclic) bond motifs is 2. The standard InChI is InChI=1S/C22H20O4S/c1-14(15-8-4-2-5-9-15)25-21-17(23)12-18-20(13-19(21)26-18)27-22(24)16-10-6-3-7-11-16/h2-11,13-14,18-19,21H,12H2,1H3/t14-,18+,19+,21+/m1/s1. The van der Waals surface area contributed by atoms with Crippen molar-refractivity contribution in [1.29, 1.82) is 0 Å². The number of ether oxygens (including phenoxy) is 2. The first-order valence-electron chi connectivity index (χ1n) is 8.99. The van der Waals surface area contributed by atoms with E-state index in [1.54, 1.807) is 12.1 Å². The van der Waals surface area contributed by atoms with Gasteiger partial charge < -0.3 is 9.47 Å². The molecule has 2 aromatic carbocycles. The van der Waals surface area contributed by atoms with E-state index >= 15 is 0 Å². The second kappa shape index (κ2) is 7.80. The van der Waals surface area contributed by atoms with Gasteiger partial charge in [-0.2, -0.15) is 0 Å². The summed E-state index contributed by atoms with van der Waals surface area (Å²) in [6, 6.07) is 18.9. The van der Waals surface area contributed by atoms with E-state index in [2.05, 4.69) is 0 Å². The van der Waals surface area contributed by atoms with Gasteiger partial charge in [0.05, 0.1) is 12.2 Å². The van der Waals surface area contributed by atoms with Crippen molar-refractivity contribution in [2.24, 2.45) is 0 Å². The largest absolute Gasteiger partial charge is 0.362 e. The van der Waals surface area contributed by atoms with Crippen LogP contribution in [0.5, 0.6) is 0 Å². The van der Waals surface area contributed by atoms with Crippen LogP contribution in [0.2, 0.25) is 0 Å². The van der Waals surface area contributed by atoms with E-state index in [1.807, 2.05) is 61.5 Å². The van der Waals surface area contributed by atoms with Crippen LogP contribution < -0.4 is 0 Å². The Morgan fingerprint density at radius 1 is 1.11 bits per heavy atom. The van der Waals surface area contributed by atoms with Gasteiger partial charge in [0.2, 0.25) is 5.12 Å². The number of hydrogen-bond donors (Lipinski definition) is 0. The van der Waals surface area contributed by atoms with Crippen LogP contribution in [0.3, 0.4) is 0 Å². The first-order valence-corrected chi connectivity index (χ1v) is 9.81. The Morgan fingerprint density at radius 2 is 1.78 bits per heavy atom. The average Bonchev–Trinajstić information content (AvgIpc) is 3.03. The van der Waals surface area contributed by atoms with Gasteiger partial charge in [0.25, 0.3) is 0 Å². The first kappa shape index (κ1) is 18.2. The molecule has 0 aliphatic carbocycles. The molecule has 0 radical (unpaired) electrons. The Morgan fingerprint density at radius 3 is 2.48 bits per heavy atom. The van der Waals surface area contributed by atoms with Gasteiger partial charge in [0.1, 0.15) is 12.2 Å². The molecule has 4 atom stereocenters. The van der Waals surface area contributed by atoms with Crippen LogP contribution in [0.25, 0.3) is 0 Å². The van der Waals surface area contributed by atoms with Crippen molar-refractivity contribution in [3.63, 3.8) is 0 Å². The van der Waals surface area contributed by atoms with Gasteiger partial charge in [-0.3, -0.25) is 9.59 Å². The minimum absolute atomic E-state index is 0.0260. The van der Waals surface area contributed by atoms with Gasteiger partial charge >= 0.3 is 0 Å². The van der Waals surface area contributed by atoms with Gasteiger partial charge in [0, 0.05) is 16.9 Å². The van der Waals surface area contributed by atoms with E-state index in [4.69, 9.17) is 9.47 Å². The third-order valence-electron chi connectivity index (χ3n) is 4.81. The molecular formula is C22H20O4S. The van der Waals surface area contributed by atoms with Crippen LogP contribution in [-0.4, -0.2) is 29.2 Å². The molecule has 2 aromatic rings. The fourth-order valence-corrected chi connectivity index (χ4v) is 4.31. The highest BCUT2D eigenvalue weighted by atomic mass is 32.2. The molecule has 0 N–H and O–H groups in total. The highest BCUT2D eigenvalue weighted by molar-refractivity contribution is 8.17. The summed E-state index contributed by atoms with van der Waals surface area (Å²) in [6.07, 6.45) is 0.491. The zero-order valence-corrected chi connectivity index (χ0v) is 15.7. The lowest BCUT2D eigenvalue weighted by Gasteiger charge is -2.30. The number of carbonyl (C=O) groups is 2. The van der Waals surface area contributed by atoms with Crippen molar-refractivity contribution in [2.45, 2.75) is 37.8 Å². The molecule has 0 saturated carbocycles. The summed E-state index contributed by atoms with van der Waals surface area (Å²) in [4.78, 5) is 25.9. The molecule has 4 nitrogen and oxygen atoms in total. The number of ketones is 1. The molecule has 0 aromatic heterocycles. The summed E-state index contributed by atoms with van der Waals surface area (Å²) in [5.74, 6) is 0.0260. The highest BCUT2D eigenvalue weighted by Gasteiger charge is 2.44. The maximum absolute atomic E-state index is 12.6. The van der Waals surface area contributed by atoms with E-state index in [1.165, 1.54) is 0 Å². The lowest BCUT2D eigenvalue weighted by molar-refractivity contribution is -0.158. The van der Waals surface area contributed by atoms with Crippen LogP contribution in [0.1, 0.15) is 35.4 Å². The van der Waals surface area contributed by atoms with Crippen LogP contribution >= 0.6 is 11.8 Å². The molecule has 2 bridgehead atoms. The zero-order valence-electron chi connectivity index (χ0n) is 14.9. The van der Waals surface area contributed by atoms with Crippen LogP contribution in [0, 0.1) is 0 Å². The van der Waals surface area contributed by atoms with Crippen LogP contribution in [-0.2, 0) is 14.3 Å². The number of thioether (sulfide) groups is 1. The molecule has 0 spiro atoms. The third kappa shape index (κ3) is 3.90. The van der Waals surface area contributed by atoms with Crippen molar-refractivity contribution in [1.82, 2.24) is 0 Å². The van der Waals surface area contributed by atoms with Crippen molar-refractivity contribution in [3.05, 3.63) is 82.8 Å². The number of Topliss-reactive ketones (excluding diaryl/α,β-unsaturated/α-hetero) is 1. The molecule has 2 aliphatic rings. The molecule has 4 rings (SSSR count). The van der Waals surface area contributed by atoms with Gasteiger partial charge in [-0.05, 0) is 30.3 Å². The highest BCUT2D eigenvalue weighted by Crippen LogP contribution is 2.40. The number of hydrogen-bond acceptors (Lipinski definition) is 5. The van der Waals surface area contributed by atoms with E-state index < -0.39 is 12.2 Å². The summed E-state index contributed by atoms with van der Waals surface area (Å²) >= 11 is 1.15. The second-order valence-electron chi connectivity index (χ2n) is 6.69. The number of rotatable bonds is 5. The minimum Gasteiger partial charge on any atom is -0.362 e. The zero-order chi connectivity index (χ0) is 18.8. The number of benzene rings is 2. The molecule has 138 valence electrons. The van der Waals surface area contributed by atoms with Crippen molar-refractivity contribution >= 4 is 22.7 Å². The Labute approximate surface area is 162 Å². The fourth-order valence-electron chi connectivity index (χ4n) is 3.37. The van der Waals surface area contributed by atoms with Gasteiger partial charge in [-0.1, -0.05) is 60.7 Å². The topological polar surface area (TPSA) is 52.6 Å². The summed E-state index contributed by atoms with van der Waals surface area (Å²) in [5, 5.41) is -0.0411. The SMILES string of the molecule is C[C@@H](O[C@H]1C(=O)C[C@@H]2O[C@H]1C=C2SC(=O)c1ccccc1)c1ccccc1. The Hall–Kier alpha value is -2.21. The minimum atomic E-state index is -0.638. The maximum atomic E-state index is 12.6. The predicted octanol–water partition coefficient (Wildman–Crippen LogP) is 4.33. The third-order valence-corrected chi connectivity index (χ3v) is 5.87. The van der Waals surface area contributed by atoms with Crippen molar-refractivity contribution < 1.29 is 19.1 Å². The fraction of sp³-hybridized carbons (Fsp3) is 0.273. The molecule has 2 heterocycles. The Balaban J connectivity index is 1.46. The number of carbonyl (C=O) groups excluding carboxylic acids is 2. The van der Waals surface area contributed by atoms with Crippen molar-refractivity contribution in [2.75, 3.05) is 0 Å². The normalized spacial score (nSPS) is 25.1. The Bertz CT molecular complexity index is 862. The smallest absolute Gasteiger partial charge is 0.223 e. The molecule has 0 unspecified atom stereocenters. The van der Waals surface area contributed by atoms with E-state index in [9.17, 15) is 9.59 Å². The van der Waals surface area contributed by atoms with Gasteiger partial charge in [0.15, 0.2) is 5.78 Å². The summed E-state index contributed by atoms with van der Waals surface area (Å²) in [5.41, 5.74) is 1.66. The maximum Gasteiger partial charge on any atom is 0.223 e. The summed E-state index contributed by atoms with van der Waals surface area (Å²) in [7, 11) is 0. The molecule has 1 saturated heterocycles. The molecule has 2 aliphatic heterocycles. The molecule has 1 fully saturated rings. The summed E-state index contributed by atoms with van der Waals surface area (Å²) in [6.45, 7) is 1.93. The van der Waals surface area contributed by atoms with Crippen molar-refractivity contribution in [3.8, 4) is 0 Å². The second-order valence-corrected chi connectivity index (χ2v) is 7.74. The van der Waals surface area contributed by atoms with E-state index in [-0.39, 0.29) is 29.5 Å². The lowest BCUT2D eigenvalue weighted by atomic mass is 10.0. The molecule has 0 amide bonds. The van der Waals surface area contributed by atoms with Crippen LogP contribution in [0.15, 0.2) is 71.6 Å². The summed E-state index contributed by atoms with van der Waals surface area (Å²) < 4.78 is 12.0. The molecule has 5 heteroatoms. The molecular weight excluding hydrogens is 360 g/mol. The van der Waals surface area contributed by atoms with Gasteiger partial charge in [-0.25, -0.2) is 0 Å². The van der Waals surface area contributed by atoms with E-state index in [0.717, 1.165) is 22.2 Å².